The number of nitrogens with zero attached hydrogens (tertiary/aromatic N) is 4. The number of benzene rings is 1. The number of halogens is 2. The first-order valence-electron chi connectivity index (χ1n) is 7.72. The molecule has 0 radical (unpaired) electrons. The van der Waals surface area contributed by atoms with Crippen molar-refractivity contribution in [2.24, 2.45) is 14.1 Å². The van der Waals surface area contributed by atoms with Crippen molar-refractivity contribution >= 4 is 29.0 Å². The Balaban J connectivity index is 2.25. The first-order chi connectivity index (χ1) is 11.8. The van der Waals surface area contributed by atoms with Crippen LogP contribution in [0.15, 0.2) is 21.7 Å². The van der Waals surface area contributed by atoms with Crippen LogP contribution in [0.25, 0.3) is 0 Å². The molecule has 1 unspecified atom stereocenters. The molecule has 0 saturated heterocycles. The molecule has 3 rings (SSSR count). The summed E-state index contributed by atoms with van der Waals surface area (Å²) >= 11 is 12.4. The van der Waals surface area contributed by atoms with E-state index in [4.69, 9.17) is 23.2 Å². The summed E-state index contributed by atoms with van der Waals surface area (Å²) in [6.45, 7) is 2.47. The van der Waals surface area contributed by atoms with Gasteiger partial charge in [-0.1, -0.05) is 23.2 Å². The third-order valence-corrected chi connectivity index (χ3v) is 5.29. The fourth-order valence-electron chi connectivity index (χ4n) is 3.41. The lowest BCUT2D eigenvalue weighted by Gasteiger charge is -2.38. The van der Waals surface area contributed by atoms with Gasteiger partial charge in [-0.3, -0.25) is 13.9 Å². The zero-order valence-electron chi connectivity index (χ0n) is 14.0. The highest BCUT2D eigenvalue weighted by molar-refractivity contribution is 6.35. The van der Waals surface area contributed by atoms with Crippen molar-refractivity contribution in [2.45, 2.75) is 19.4 Å². The lowest BCUT2D eigenvalue weighted by Crippen LogP contribution is -2.45. The molecule has 0 aliphatic carbocycles. The molecule has 2 aromatic rings. The van der Waals surface area contributed by atoms with E-state index in [0.717, 1.165) is 15.7 Å². The predicted octanol–water partition coefficient (Wildman–Crippen LogP) is 2.39. The van der Waals surface area contributed by atoms with Gasteiger partial charge >= 0.3 is 5.69 Å². The van der Waals surface area contributed by atoms with Gasteiger partial charge in [-0.15, -0.1) is 0 Å². The van der Waals surface area contributed by atoms with Gasteiger partial charge in [0.05, 0.1) is 6.04 Å². The molecule has 1 atom stereocenters. The number of hydrogen-bond donors (Lipinski definition) is 0. The average Bonchev–Trinajstić information content (AvgIpc) is 2.57. The molecular formula is C17H16Cl2N4O2. The Morgan fingerprint density at radius 2 is 1.88 bits per heavy atom. The number of fused-ring (bicyclic) bond motifs is 1. The van der Waals surface area contributed by atoms with Crippen molar-refractivity contribution in [3.8, 4) is 6.07 Å². The fraction of sp³-hybridized carbons (Fsp3) is 0.353. The van der Waals surface area contributed by atoms with Crippen LogP contribution in [0.4, 0.5) is 5.82 Å². The molecule has 0 spiro atoms. The molecule has 0 saturated carbocycles. The summed E-state index contributed by atoms with van der Waals surface area (Å²) in [4.78, 5) is 26.6. The van der Waals surface area contributed by atoms with Crippen molar-refractivity contribution in [3.05, 3.63) is 59.7 Å². The summed E-state index contributed by atoms with van der Waals surface area (Å²) in [6, 6.07) is 5.31. The van der Waals surface area contributed by atoms with E-state index in [2.05, 4.69) is 0 Å². The van der Waals surface area contributed by atoms with Gasteiger partial charge in [-0.05, 0) is 36.6 Å². The van der Waals surface area contributed by atoms with Gasteiger partial charge < -0.3 is 4.90 Å². The average molecular weight is 379 g/mol. The highest BCUT2D eigenvalue weighted by Gasteiger charge is 2.30. The van der Waals surface area contributed by atoms with Crippen LogP contribution in [0.3, 0.4) is 0 Å². The largest absolute Gasteiger partial charge is 0.350 e. The number of hydrogen-bond acceptors (Lipinski definition) is 4. The topological polar surface area (TPSA) is 71.0 Å². The molecule has 25 heavy (non-hydrogen) atoms. The third-order valence-electron chi connectivity index (χ3n) is 4.73. The minimum Gasteiger partial charge on any atom is -0.350 e. The zero-order chi connectivity index (χ0) is 18.5. The molecular weight excluding hydrogens is 363 g/mol. The van der Waals surface area contributed by atoms with Gasteiger partial charge in [-0.2, -0.15) is 5.26 Å². The monoisotopic (exact) mass is 378 g/mol. The minimum atomic E-state index is -0.595. The Labute approximate surface area is 154 Å². The Morgan fingerprint density at radius 1 is 1.20 bits per heavy atom. The summed E-state index contributed by atoms with van der Waals surface area (Å²) in [5, 5.41) is 10.6. The molecule has 0 bridgehead atoms. The van der Waals surface area contributed by atoms with E-state index < -0.39 is 11.2 Å². The molecule has 8 heteroatoms. The molecule has 1 aliphatic heterocycles. The number of nitriles is 1. The second-order valence-corrected chi connectivity index (χ2v) is 6.93. The maximum absolute atomic E-state index is 12.4. The van der Waals surface area contributed by atoms with E-state index in [0.29, 0.717) is 28.8 Å². The van der Waals surface area contributed by atoms with Gasteiger partial charge in [-0.25, -0.2) is 4.79 Å². The van der Waals surface area contributed by atoms with Crippen LogP contribution in [-0.4, -0.2) is 15.7 Å². The van der Waals surface area contributed by atoms with Crippen molar-refractivity contribution in [1.29, 1.82) is 5.26 Å². The summed E-state index contributed by atoms with van der Waals surface area (Å²) in [5.41, 5.74) is 0.819. The zero-order valence-corrected chi connectivity index (χ0v) is 15.5. The van der Waals surface area contributed by atoms with Crippen molar-refractivity contribution in [1.82, 2.24) is 9.13 Å². The first-order valence-corrected chi connectivity index (χ1v) is 8.48. The van der Waals surface area contributed by atoms with Crippen LogP contribution in [-0.2, 0) is 20.5 Å². The van der Waals surface area contributed by atoms with Crippen LogP contribution in [0.5, 0.6) is 0 Å². The van der Waals surface area contributed by atoms with Gasteiger partial charge in [0.15, 0.2) is 5.56 Å². The summed E-state index contributed by atoms with van der Waals surface area (Å²) in [5.74, 6) is 0.324. The highest BCUT2D eigenvalue weighted by atomic mass is 35.5. The van der Waals surface area contributed by atoms with Crippen LogP contribution in [0.2, 0.25) is 10.0 Å². The van der Waals surface area contributed by atoms with Gasteiger partial charge in [0.1, 0.15) is 11.9 Å². The predicted molar refractivity (Wildman–Crippen MR) is 97.6 cm³/mol. The second kappa shape index (κ2) is 6.25. The summed E-state index contributed by atoms with van der Waals surface area (Å²) < 4.78 is 2.28. The van der Waals surface area contributed by atoms with Crippen LogP contribution < -0.4 is 16.1 Å². The molecule has 0 amide bonds. The third kappa shape index (κ3) is 2.64. The summed E-state index contributed by atoms with van der Waals surface area (Å²) in [7, 11) is 2.93. The van der Waals surface area contributed by atoms with E-state index in [9.17, 15) is 14.9 Å². The Bertz CT molecular complexity index is 1030. The molecule has 1 aromatic carbocycles. The van der Waals surface area contributed by atoms with Gasteiger partial charge in [0.25, 0.3) is 5.56 Å². The number of rotatable bonds is 1. The molecule has 2 heterocycles. The molecule has 0 fully saturated rings. The lowest BCUT2D eigenvalue weighted by molar-refractivity contribution is 0.581. The molecule has 0 N–H and O–H groups in total. The molecule has 1 aromatic heterocycles. The van der Waals surface area contributed by atoms with E-state index in [1.807, 2.05) is 24.0 Å². The van der Waals surface area contributed by atoms with Crippen molar-refractivity contribution in [3.63, 3.8) is 0 Å². The molecule has 1 aliphatic rings. The smallest absolute Gasteiger partial charge is 0.332 e. The molecule has 6 nitrogen and oxygen atoms in total. The van der Waals surface area contributed by atoms with Gasteiger partial charge in [0.2, 0.25) is 0 Å². The maximum atomic E-state index is 12.4. The minimum absolute atomic E-state index is 0.0481. The Kier molecular flexibility index (Phi) is 4.40. The van der Waals surface area contributed by atoms with E-state index in [1.165, 1.54) is 11.6 Å². The van der Waals surface area contributed by atoms with E-state index in [-0.39, 0.29) is 11.6 Å². The normalized spacial score (nSPS) is 16.5. The Hall–Kier alpha value is -2.23. The SMILES string of the molecule is CC1c2cc(Cl)cc(Cl)c2CCN1c1c(C#N)c(=O)n(C)c(=O)n1C. The highest BCUT2D eigenvalue weighted by Crippen LogP contribution is 2.38. The van der Waals surface area contributed by atoms with Crippen LogP contribution in [0.1, 0.15) is 29.7 Å². The number of aromatic nitrogens is 2. The lowest BCUT2D eigenvalue weighted by atomic mass is 9.93. The first kappa shape index (κ1) is 17.6. The van der Waals surface area contributed by atoms with Crippen LogP contribution in [0, 0.1) is 11.3 Å². The second-order valence-electron chi connectivity index (χ2n) is 6.09. The van der Waals surface area contributed by atoms with Crippen LogP contribution >= 0.6 is 23.2 Å². The summed E-state index contributed by atoms with van der Waals surface area (Å²) in [6.07, 6.45) is 0.629. The molecule has 130 valence electrons. The van der Waals surface area contributed by atoms with E-state index >= 15 is 0 Å². The Morgan fingerprint density at radius 3 is 2.52 bits per heavy atom. The standard InChI is InChI=1S/C17H16Cl2N4O2/c1-9-12-6-10(18)7-14(19)11(12)4-5-23(9)15-13(8-20)16(24)22(3)17(25)21(15)2/h6-7,9H,4-5H2,1-3H3. The van der Waals surface area contributed by atoms with E-state index in [1.54, 1.807) is 13.1 Å². The number of anilines is 1. The van der Waals surface area contributed by atoms with Crippen molar-refractivity contribution in [2.75, 3.05) is 11.4 Å². The van der Waals surface area contributed by atoms with Gasteiger partial charge in [0, 0.05) is 30.7 Å². The van der Waals surface area contributed by atoms with Crippen molar-refractivity contribution < 1.29 is 0 Å². The quantitative estimate of drug-likeness (QED) is 0.763. The maximum Gasteiger partial charge on any atom is 0.332 e. The fourth-order valence-corrected chi connectivity index (χ4v) is 4.01.